The van der Waals surface area contributed by atoms with E-state index in [1.54, 1.807) is 42.9 Å². The number of aryl methyl sites for hydroxylation is 1. The number of hydrogen-bond donors (Lipinski definition) is 1. The van der Waals surface area contributed by atoms with Crippen molar-refractivity contribution in [3.8, 4) is 11.6 Å². The lowest BCUT2D eigenvalue weighted by molar-refractivity contribution is -0.111. The Labute approximate surface area is 179 Å². The summed E-state index contributed by atoms with van der Waals surface area (Å²) in [6, 6.07) is 11.0. The summed E-state index contributed by atoms with van der Waals surface area (Å²) in [5, 5.41) is 5.78. The molecule has 1 aromatic carbocycles. The van der Waals surface area contributed by atoms with Crippen molar-refractivity contribution in [2.24, 2.45) is 0 Å². The van der Waals surface area contributed by atoms with Crippen molar-refractivity contribution in [2.45, 2.75) is 13.5 Å². The van der Waals surface area contributed by atoms with Gasteiger partial charge in [-0.05, 0) is 42.8 Å². The molecule has 0 aliphatic heterocycles. The van der Waals surface area contributed by atoms with Gasteiger partial charge < -0.3 is 19.5 Å². The number of amides is 1. The van der Waals surface area contributed by atoms with Crippen molar-refractivity contribution in [3.05, 3.63) is 70.3 Å². The van der Waals surface area contributed by atoms with Gasteiger partial charge in [0.15, 0.2) is 0 Å². The Morgan fingerprint density at radius 2 is 2.00 bits per heavy atom. The molecule has 0 saturated carbocycles. The van der Waals surface area contributed by atoms with Crippen LogP contribution in [0.1, 0.15) is 16.3 Å². The number of pyridine rings is 1. The average Bonchev–Trinajstić information content (AvgIpc) is 3.18. The number of methoxy groups -OCH3 is 1. The molecular weight excluding hydrogens is 402 g/mol. The number of rotatable bonds is 10. The first-order valence-corrected chi connectivity index (χ1v) is 10.2. The summed E-state index contributed by atoms with van der Waals surface area (Å²) in [7, 11) is 1.59. The minimum absolute atomic E-state index is 0.279. The standard InChI is InChI=1S/C22H23N3O4S/c1-16-24-18(15-30-16)14-29-19-8-5-17(6-9-19)7-10-21(26)25-20-4-3-11-23-22(20)28-13-12-27-2/h3-11,15H,12-14H2,1-2H3,(H,25,26)/b10-7+. The molecule has 3 aromatic rings. The molecule has 30 heavy (non-hydrogen) atoms. The monoisotopic (exact) mass is 425 g/mol. The zero-order valence-corrected chi connectivity index (χ0v) is 17.6. The first kappa shape index (κ1) is 21.5. The number of carbonyl (C=O) groups excluding carboxylic acids is 1. The lowest BCUT2D eigenvalue weighted by Crippen LogP contribution is -2.12. The van der Waals surface area contributed by atoms with Crippen LogP contribution in [0.2, 0.25) is 0 Å². The van der Waals surface area contributed by atoms with E-state index in [1.165, 1.54) is 6.08 Å². The number of anilines is 1. The Morgan fingerprint density at radius 1 is 1.17 bits per heavy atom. The van der Waals surface area contributed by atoms with E-state index in [2.05, 4.69) is 15.3 Å². The third kappa shape index (κ3) is 6.68. The summed E-state index contributed by atoms with van der Waals surface area (Å²) < 4.78 is 16.2. The molecule has 2 aromatic heterocycles. The zero-order chi connectivity index (χ0) is 21.2. The van der Waals surface area contributed by atoms with E-state index >= 15 is 0 Å². The van der Waals surface area contributed by atoms with Crippen molar-refractivity contribution in [1.82, 2.24) is 9.97 Å². The summed E-state index contributed by atoms with van der Waals surface area (Å²) >= 11 is 1.60. The van der Waals surface area contributed by atoms with Crippen molar-refractivity contribution in [2.75, 3.05) is 25.6 Å². The van der Waals surface area contributed by atoms with Crippen molar-refractivity contribution >= 4 is 29.0 Å². The largest absolute Gasteiger partial charge is 0.487 e. The van der Waals surface area contributed by atoms with Gasteiger partial charge in [0.05, 0.1) is 17.3 Å². The highest BCUT2D eigenvalue weighted by Crippen LogP contribution is 2.21. The van der Waals surface area contributed by atoms with Crippen molar-refractivity contribution < 1.29 is 19.0 Å². The molecule has 1 amide bonds. The molecule has 0 fully saturated rings. The molecule has 156 valence electrons. The summed E-state index contributed by atoms with van der Waals surface area (Å²) in [6.07, 6.45) is 4.79. The zero-order valence-electron chi connectivity index (χ0n) is 16.8. The van der Waals surface area contributed by atoms with E-state index in [4.69, 9.17) is 14.2 Å². The van der Waals surface area contributed by atoms with Crippen LogP contribution in [0.25, 0.3) is 6.08 Å². The second-order valence-electron chi connectivity index (χ2n) is 6.24. The number of nitrogens with zero attached hydrogens (tertiary/aromatic N) is 2. The molecule has 0 spiro atoms. The fraction of sp³-hybridized carbons (Fsp3) is 0.227. The Morgan fingerprint density at radius 3 is 2.73 bits per heavy atom. The van der Waals surface area contributed by atoms with Gasteiger partial charge in [-0.3, -0.25) is 4.79 Å². The first-order valence-electron chi connectivity index (χ1n) is 9.34. The highest BCUT2D eigenvalue weighted by molar-refractivity contribution is 7.09. The molecule has 7 nitrogen and oxygen atoms in total. The van der Waals surface area contributed by atoms with Crippen LogP contribution < -0.4 is 14.8 Å². The number of hydrogen-bond acceptors (Lipinski definition) is 7. The topological polar surface area (TPSA) is 82.6 Å². The number of carbonyl (C=O) groups is 1. The van der Waals surface area contributed by atoms with Gasteiger partial charge in [0, 0.05) is 24.8 Å². The maximum absolute atomic E-state index is 12.3. The van der Waals surface area contributed by atoms with E-state index in [0.29, 0.717) is 31.4 Å². The maximum atomic E-state index is 12.3. The van der Waals surface area contributed by atoms with Gasteiger partial charge in [-0.25, -0.2) is 9.97 Å². The van der Waals surface area contributed by atoms with Crippen LogP contribution in [0.5, 0.6) is 11.6 Å². The second kappa shape index (κ2) is 11.1. The number of nitrogens with one attached hydrogen (secondary N) is 1. The van der Waals surface area contributed by atoms with Crippen LogP contribution in [0.3, 0.4) is 0 Å². The molecule has 2 heterocycles. The van der Waals surface area contributed by atoms with Gasteiger partial charge in [-0.15, -0.1) is 11.3 Å². The van der Waals surface area contributed by atoms with Gasteiger partial charge in [0.25, 0.3) is 0 Å². The Balaban J connectivity index is 1.52. The third-order valence-corrected chi connectivity index (χ3v) is 4.74. The normalized spacial score (nSPS) is 10.9. The molecule has 0 unspecified atom stereocenters. The molecule has 0 aliphatic carbocycles. The Hall–Kier alpha value is -3.23. The van der Waals surface area contributed by atoms with Crippen LogP contribution in [-0.4, -0.2) is 36.2 Å². The van der Waals surface area contributed by atoms with Gasteiger partial charge >= 0.3 is 0 Å². The summed E-state index contributed by atoms with van der Waals surface area (Å²) in [5.74, 6) is 0.822. The minimum atomic E-state index is -0.279. The smallest absolute Gasteiger partial charge is 0.248 e. The summed E-state index contributed by atoms with van der Waals surface area (Å²) in [5.41, 5.74) is 2.30. The fourth-order valence-corrected chi connectivity index (χ4v) is 3.07. The van der Waals surface area contributed by atoms with Gasteiger partial charge in [0.2, 0.25) is 11.8 Å². The lowest BCUT2D eigenvalue weighted by atomic mass is 10.2. The third-order valence-electron chi connectivity index (χ3n) is 3.92. The van der Waals surface area contributed by atoms with Gasteiger partial charge in [-0.2, -0.15) is 0 Å². The van der Waals surface area contributed by atoms with Gasteiger partial charge in [-0.1, -0.05) is 12.1 Å². The van der Waals surface area contributed by atoms with Crippen molar-refractivity contribution in [1.29, 1.82) is 0 Å². The molecule has 0 saturated heterocycles. The first-order chi connectivity index (χ1) is 14.6. The molecule has 3 rings (SSSR count). The maximum Gasteiger partial charge on any atom is 0.248 e. The molecule has 0 radical (unpaired) electrons. The average molecular weight is 426 g/mol. The number of ether oxygens (including phenoxy) is 3. The molecular formula is C22H23N3O4S. The predicted molar refractivity (Wildman–Crippen MR) is 117 cm³/mol. The quantitative estimate of drug-likeness (QED) is 0.389. The highest BCUT2D eigenvalue weighted by Gasteiger charge is 2.07. The van der Waals surface area contributed by atoms with Gasteiger partial charge in [0.1, 0.15) is 24.7 Å². The Kier molecular flexibility index (Phi) is 7.94. The predicted octanol–water partition coefficient (Wildman–Crippen LogP) is 4.10. The number of aromatic nitrogens is 2. The molecule has 0 atom stereocenters. The minimum Gasteiger partial charge on any atom is -0.487 e. The molecule has 1 N–H and O–H groups in total. The lowest BCUT2D eigenvalue weighted by Gasteiger charge is -2.09. The Bertz CT molecular complexity index is 986. The summed E-state index contributed by atoms with van der Waals surface area (Å²) in [6.45, 7) is 3.19. The van der Waals surface area contributed by atoms with E-state index in [1.807, 2.05) is 36.6 Å². The number of thiazole rings is 1. The van der Waals surface area contributed by atoms with Crippen LogP contribution >= 0.6 is 11.3 Å². The van der Waals surface area contributed by atoms with Crippen LogP contribution in [0.15, 0.2) is 54.1 Å². The van der Waals surface area contributed by atoms with Crippen LogP contribution in [0, 0.1) is 6.92 Å². The van der Waals surface area contributed by atoms with Crippen LogP contribution in [-0.2, 0) is 16.1 Å². The van der Waals surface area contributed by atoms with E-state index < -0.39 is 0 Å². The second-order valence-corrected chi connectivity index (χ2v) is 7.30. The molecule has 0 bridgehead atoms. The number of benzene rings is 1. The summed E-state index contributed by atoms with van der Waals surface area (Å²) in [4.78, 5) is 20.8. The van der Waals surface area contributed by atoms with Crippen LogP contribution in [0.4, 0.5) is 5.69 Å². The van der Waals surface area contributed by atoms with E-state index in [-0.39, 0.29) is 5.91 Å². The van der Waals surface area contributed by atoms with Crippen molar-refractivity contribution in [3.63, 3.8) is 0 Å². The molecule has 8 heteroatoms. The SMILES string of the molecule is COCCOc1ncccc1NC(=O)/C=C/c1ccc(OCc2csc(C)n2)cc1. The fourth-order valence-electron chi connectivity index (χ4n) is 2.48. The van der Waals surface area contributed by atoms with E-state index in [0.717, 1.165) is 22.0 Å². The highest BCUT2D eigenvalue weighted by atomic mass is 32.1. The van der Waals surface area contributed by atoms with E-state index in [9.17, 15) is 4.79 Å². The molecule has 0 aliphatic rings.